The minimum Gasteiger partial charge on any atom is -0.477 e. The lowest BCUT2D eigenvalue weighted by atomic mass is 9.88. The summed E-state index contributed by atoms with van der Waals surface area (Å²) in [5, 5.41) is 81.8. The van der Waals surface area contributed by atoms with Crippen molar-refractivity contribution in [1.29, 1.82) is 0 Å². The number of ether oxygens (including phenoxy) is 4. The number of hydrogen-bond donors (Lipinski definition) is 9. The van der Waals surface area contributed by atoms with Gasteiger partial charge in [0.15, 0.2) is 12.4 Å². The molecule has 0 unspecified atom stereocenters. The Balaban J connectivity index is 2.50. The standard InChI is InChI=1S/C19H31NO15/c1-6(23)20-11-9(33-17-14(28)13(27)12(26)10(5-22)34-17)3-19(31,18(29)30)35-16(11)15(8(25)4-21)32-7(2)24/h8-17,21-22,25-28,31H,3-5H2,1-2H3,(H,20,23)(H,29,30)/t8-,9+,10-,11-,12-,13+,14-,15-,16-,17+,19-/m1/s1. The molecule has 2 aliphatic rings. The number of esters is 1. The van der Waals surface area contributed by atoms with Crippen LogP contribution in [0.1, 0.15) is 20.3 Å². The van der Waals surface area contributed by atoms with Gasteiger partial charge in [-0.3, -0.25) is 9.59 Å². The highest BCUT2D eigenvalue weighted by molar-refractivity contribution is 5.76. The second-order valence-electron chi connectivity index (χ2n) is 8.30. The van der Waals surface area contributed by atoms with Crippen molar-refractivity contribution in [2.24, 2.45) is 0 Å². The maximum Gasteiger partial charge on any atom is 0.364 e. The van der Waals surface area contributed by atoms with Gasteiger partial charge >= 0.3 is 11.9 Å². The summed E-state index contributed by atoms with van der Waals surface area (Å²) < 4.78 is 21.1. The molecule has 0 spiro atoms. The number of carboxylic acid groups (broad SMARTS) is 1. The van der Waals surface area contributed by atoms with Crippen molar-refractivity contribution in [2.45, 2.75) is 87.2 Å². The second kappa shape index (κ2) is 11.8. The molecule has 2 heterocycles. The van der Waals surface area contributed by atoms with E-state index in [1.54, 1.807) is 0 Å². The molecule has 0 aromatic rings. The summed E-state index contributed by atoms with van der Waals surface area (Å²) in [5.74, 6) is -6.67. The van der Waals surface area contributed by atoms with Crippen molar-refractivity contribution in [3.63, 3.8) is 0 Å². The topological polar surface area (TPSA) is 262 Å². The van der Waals surface area contributed by atoms with Crippen LogP contribution < -0.4 is 5.32 Å². The van der Waals surface area contributed by atoms with Crippen LogP contribution in [-0.2, 0) is 33.3 Å². The molecule has 2 aliphatic heterocycles. The van der Waals surface area contributed by atoms with Crippen LogP contribution in [0.3, 0.4) is 0 Å². The predicted octanol–water partition coefficient (Wildman–Crippen LogP) is -5.48. The smallest absolute Gasteiger partial charge is 0.364 e. The Morgan fingerprint density at radius 1 is 1.11 bits per heavy atom. The van der Waals surface area contributed by atoms with Crippen LogP contribution in [-0.4, -0.2) is 139 Å². The summed E-state index contributed by atoms with van der Waals surface area (Å²) >= 11 is 0. The van der Waals surface area contributed by atoms with Crippen molar-refractivity contribution in [3.05, 3.63) is 0 Å². The summed E-state index contributed by atoms with van der Waals surface area (Å²) in [5.41, 5.74) is 0. The van der Waals surface area contributed by atoms with Gasteiger partial charge in [-0.1, -0.05) is 0 Å². The fraction of sp³-hybridized carbons (Fsp3) is 0.842. The third kappa shape index (κ3) is 6.62. The van der Waals surface area contributed by atoms with Crippen LogP contribution in [0.25, 0.3) is 0 Å². The van der Waals surface area contributed by atoms with E-state index >= 15 is 0 Å². The number of hydrogen-bond acceptors (Lipinski definition) is 14. The molecular weight excluding hydrogens is 482 g/mol. The van der Waals surface area contributed by atoms with Crippen LogP contribution in [0.4, 0.5) is 0 Å². The third-order valence-corrected chi connectivity index (χ3v) is 5.62. The maximum atomic E-state index is 11.9. The average Bonchev–Trinajstić information content (AvgIpc) is 2.78. The molecule has 0 aliphatic carbocycles. The number of amides is 1. The van der Waals surface area contributed by atoms with Gasteiger partial charge in [-0.05, 0) is 0 Å². The summed E-state index contributed by atoms with van der Waals surface area (Å²) in [6.45, 7) is 0.211. The molecule has 11 atom stereocenters. The van der Waals surface area contributed by atoms with Crippen molar-refractivity contribution in [3.8, 4) is 0 Å². The highest BCUT2D eigenvalue weighted by atomic mass is 16.7. The Kier molecular flexibility index (Phi) is 9.88. The van der Waals surface area contributed by atoms with Gasteiger partial charge in [0.2, 0.25) is 5.91 Å². The molecule has 1 amide bonds. The van der Waals surface area contributed by atoms with E-state index < -0.39 is 104 Å². The monoisotopic (exact) mass is 513 g/mol. The lowest BCUT2D eigenvalue weighted by molar-refractivity contribution is -0.343. The van der Waals surface area contributed by atoms with Gasteiger partial charge in [0, 0.05) is 20.3 Å². The Morgan fingerprint density at radius 2 is 1.74 bits per heavy atom. The SMILES string of the molecule is CC(=O)N[C@H]1[C@H]([C@H](OC(C)=O)[C@H](O)CO)O[C@@](O)(C(=O)O)C[C@@H]1O[C@H]1O[C@H](CO)[C@@H](O)[C@H](O)[C@H]1O. The van der Waals surface area contributed by atoms with E-state index in [4.69, 9.17) is 18.9 Å². The molecule has 0 aromatic heterocycles. The molecular formula is C19H31NO15. The number of aliphatic hydroxyl groups excluding tert-OH is 6. The quantitative estimate of drug-likeness (QED) is 0.130. The molecule has 9 N–H and O–H groups in total. The zero-order valence-electron chi connectivity index (χ0n) is 18.8. The molecule has 0 saturated carbocycles. The fourth-order valence-electron chi connectivity index (χ4n) is 3.92. The first-order valence-electron chi connectivity index (χ1n) is 10.6. The fourth-order valence-corrected chi connectivity index (χ4v) is 3.92. The zero-order chi connectivity index (χ0) is 26.7. The van der Waals surface area contributed by atoms with E-state index in [9.17, 15) is 55.2 Å². The van der Waals surface area contributed by atoms with Gasteiger partial charge in [0.1, 0.15) is 36.6 Å². The Bertz CT molecular complexity index is 765. The number of nitrogens with one attached hydrogen (secondary N) is 1. The maximum absolute atomic E-state index is 11.9. The highest BCUT2D eigenvalue weighted by Gasteiger charge is 2.57. The molecule has 2 saturated heterocycles. The van der Waals surface area contributed by atoms with Crippen LogP contribution in [0.2, 0.25) is 0 Å². The van der Waals surface area contributed by atoms with Gasteiger partial charge in [-0.25, -0.2) is 4.79 Å². The molecule has 0 aromatic carbocycles. The van der Waals surface area contributed by atoms with Crippen molar-refractivity contribution >= 4 is 17.8 Å². The predicted molar refractivity (Wildman–Crippen MR) is 107 cm³/mol. The molecule has 2 fully saturated rings. The molecule has 16 nitrogen and oxygen atoms in total. The molecule has 0 bridgehead atoms. The first-order chi connectivity index (χ1) is 16.2. The lowest BCUT2D eigenvalue weighted by Gasteiger charge is -2.48. The lowest BCUT2D eigenvalue weighted by Crippen LogP contribution is -2.69. The average molecular weight is 513 g/mol. The van der Waals surface area contributed by atoms with E-state index in [0.29, 0.717) is 0 Å². The highest BCUT2D eigenvalue weighted by Crippen LogP contribution is 2.35. The van der Waals surface area contributed by atoms with Crippen LogP contribution in [0, 0.1) is 0 Å². The van der Waals surface area contributed by atoms with Gasteiger partial charge in [0.05, 0.1) is 25.4 Å². The Hall–Kier alpha value is -1.99. The van der Waals surface area contributed by atoms with E-state index in [1.165, 1.54) is 0 Å². The van der Waals surface area contributed by atoms with Gasteiger partial charge in [-0.2, -0.15) is 0 Å². The normalized spacial score (nSPS) is 39.3. The van der Waals surface area contributed by atoms with Gasteiger partial charge in [-0.15, -0.1) is 0 Å². The number of aliphatic hydroxyl groups is 7. The Morgan fingerprint density at radius 3 is 2.23 bits per heavy atom. The first-order valence-corrected chi connectivity index (χ1v) is 10.6. The van der Waals surface area contributed by atoms with Crippen molar-refractivity contribution < 1.29 is 74.2 Å². The number of carbonyl (C=O) groups is 3. The van der Waals surface area contributed by atoms with Crippen LogP contribution in [0.5, 0.6) is 0 Å². The van der Waals surface area contributed by atoms with E-state index in [2.05, 4.69) is 5.32 Å². The van der Waals surface area contributed by atoms with Gasteiger partial charge in [0.25, 0.3) is 5.79 Å². The molecule has 2 rings (SSSR count). The van der Waals surface area contributed by atoms with Crippen molar-refractivity contribution in [1.82, 2.24) is 5.32 Å². The van der Waals surface area contributed by atoms with E-state index in [-0.39, 0.29) is 0 Å². The minimum absolute atomic E-state index is 0.730. The second-order valence-corrected chi connectivity index (χ2v) is 8.30. The van der Waals surface area contributed by atoms with Crippen LogP contribution in [0.15, 0.2) is 0 Å². The van der Waals surface area contributed by atoms with E-state index in [0.717, 1.165) is 13.8 Å². The molecule has 0 radical (unpaired) electrons. The number of rotatable bonds is 9. The minimum atomic E-state index is -3.04. The van der Waals surface area contributed by atoms with Crippen molar-refractivity contribution in [2.75, 3.05) is 13.2 Å². The molecule has 16 heteroatoms. The number of carbonyl (C=O) groups excluding carboxylic acids is 2. The van der Waals surface area contributed by atoms with Gasteiger partial charge < -0.3 is 65.1 Å². The summed E-state index contributed by atoms with van der Waals surface area (Å²) in [6, 6.07) is -1.48. The molecule has 202 valence electrons. The number of carboxylic acids is 1. The summed E-state index contributed by atoms with van der Waals surface area (Å²) in [6.07, 6.45) is -16.7. The van der Waals surface area contributed by atoms with E-state index in [1.807, 2.05) is 0 Å². The first kappa shape index (κ1) is 29.2. The number of aliphatic carboxylic acids is 1. The summed E-state index contributed by atoms with van der Waals surface area (Å²) in [7, 11) is 0. The zero-order valence-corrected chi connectivity index (χ0v) is 18.8. The Labute approximate surface area is 198 Å². The summed E-state index contributed by atoms with van der Waals surface area (Å²) in [4.78, 5) is 35.4. The largest absolute Gasteiger partial charge is 0.477 e. The van der Waals surface area contributed by atoms with Crippen LogP contribution >= 0.6 is 0 Å². The molecule has 35 heavy (non-hydrogen) atoms. The third-order valence-electron chi connectivity index (χ3n) is 5.62.